The standard InChI is InChI=1S/C14H17N/c1-11-5-3-4-6-14(11)8-7-13-9-12(2)15-10-13/h3-6,9-10,15H,7-8H2,1-2H3. The maximum atomic E-state index is 3.22. The van der Waals surface area contributed by atoms with Crippen molar-refractivity contribution in [1.29, 1.82) is 0 Å². The summed E-state index contributed by atoms with van der Waals surface area (Å²) in [5.74, 6) is 0. The van der Waals surface area contributed by atoms with Crippen molar-refractivity contribution in [2.24, 2.45) is 0 Å². The largest absolute Gasteiger partial charge is 0.365 e. The third-order valence-electron chi connectivity index (χ3n) is 2.83. The summed E-state index contributed by atoms with van der Waals surface area (Å²) in [6.07, 6.45) is 4.35. The Balaban J connectivity index is 2.02. The van der Waals surface area contributed by atoms with E-state index in [1.165, 1.54) is 22.4 Å². The number of benzene rings is 1. The van der Waals surface area contributed by atoms with Gasteiger partial charge in [-0.15, -0.1) is 0 Å². The Bertz CT molecular complexity index is 440. The molecule has 2 rings (SSSR count). The molecule has 0 aliphatic carbocycles. The van der Waals surface area contributed by atoms with Crippen molar-refractivity contribution in [1.82, 2.24) is 4.98 Å². The van der Waals surface area contributed by atoms with E-state index in [1.807, 2.05) is 0 Å². The van der Waals surface area contributed by atoms with Gasteiger partial charge in [-0.1, -0.05) is 24.3 Å². The second-order valence-corrected chi connectivity index (χ2v) is 4.12. The molecule has 1 heterocycles. The second-order valence-electron chi connectivity index (χ2n) is 4.12. The van der Waals surface area contributed by atoms with E-state index in [2.05, 4.69) is 55.4 Å². The van der Waals surface area contributed by atoms with Crippen LogP contribution in [0.25, 0.3) is 0 Å². The van der Waals surface area contributed by atoms with Gasteiger partial charge in [-0.05, 0) is 49.4 Å². The highest BCUT2D eigenvalue weighted by Gasteiger charge is 1.99. The van der Waals surface area contributed by atoms with Gasteiger partial charge in [0, 0.05) is 11.9 Å². The number of hydrogen-bond acceptors (Lipinski definition) is 0. The van der Waals surface area contributed by atoms with Crippen LogP contribution >= 0.6 is 0 Å². The van der Waals surface area contributed by atoms with Crippen LogP contribution in [-0.4, -0.2) is 4.98 Å². The molecule has 0 aliphatic heterocycles. The van der Waals surface area contributed by atoms with E-state index < -0.39 is 0 Å². The molecule has 1 N–H and O–H groups in total. The summed E-state index contributed by atoms with van der Waals surface area (Å²) in [7, 11) is 0. The average molecular weight is 199 g/mol. The van der Waals surface area contributed by atoms with Crippen molar-refractivity contribution in [3.63, 3.8) is 0 Å². The first-order chi connectivity index (χ1) is 7.25. The number of aromatic amines is 1. The molecule has 0 atom stereocenters. The van der Waals surface area contributed by atoms with Gasteiger partial charge in [0.25, 0.3) is 0 Å². The summed E-state index contributed by atoms with van der Waals surface area (Å²) in [6.45, 7) is 4.27. The van der Waals surface area contributed by atoms with Crippen molar-refractivity contribution in [2.75, 3.05) is 0 Å². The molecule has 0 fully saturated rings. The molecule has 78 valence electrons. The maximum Gasteiger partial charge on any atom is 0.0118 e. The Labute approximate surface area is 91.2 Å². The van der Waals surface area contributed by atoms with Crippen LogP contribution in [0.3, 0.4) is 0 Å². The summed E-state index contributed by atoms with van der Waals surface area (Å²) >= 11 is 0. The van der Waals surface area contributed by atoms with Crippen molar-refractivity contribution in [3.8, 4) is 0 Å². The van der Waals surface area contributed by atoms with Crippen LogP contribution in [0.1, 0.15) is 22.4 Å². The highest BCUT2D eigenvalue weighted by atomic mass is 14.7. The van der Waals surface area contributed by atoms with E-state index in [1.54, 1.807) is 0 Å². The van der Waals surface area contributed by atoms with E-state index in [9.17, 15) is 0 Å². The zero-order valence-corrected chi connectivity index (χ0v) is 9.38. The fourth-order valence-electron chi connectivity index (χ4n) is 1.88. The molecule has 0 saturated carbocycles. The van der Waals surface area contributed by atoms with Gasteiger partial charge in [-0.25, -0.2) is 0 Å². The SMILES string of the molecule is Cc1cc(CCc2ccccc2C)c[nH]1. The summed E-state index contributed by atoms with van der Waals surface area (Å²) < 4.78 is 0. The molecule has 1 nitrogen and oxygen atoms in total. The molecule has 1 aromatic heterocycles. The van der Waals surface area contributed by atoms with Crippen molar-refractivity contribution in [2.45, 2.75) is 26.7 Å². The van der Waals surface area contributed by atoms with E-state index >= 15 is 0 Å². The number of aromatic nitrogens is 1. The fraction of sp³-hybridized carbons (Fsp3) is 0.286. The van der Waals surface area contributed by atoms with E-state index in [-0.39, 0.29) is 0 Å². The Morgan fingerprint density at radius 3 is 2.53 bits per heavy atom. The molecular formula is C14H17N. The van der Waals surface area contributed by atoms with Gasteiger partial charge in [0.05, 0.1) is 0 Å². The number of nitrogens with one attached hydrogen (secondary N) is 1. The van der Waals surface area contributed by atoms with Crippen molar-refractivity contribution in [3.05, 3.63) is 58.9 Å². The van der Waals surface area contributed by atoms with Crippen LogP contribution in [0.4, 0.5) is 0 Å². The van der Waals surface area contributed by atoms with E-state index in [4.69, 9.17) is 0 Å². The predicted molar refractivity (Wildman–Crippen MR) is 64.1 cm³/mol. The normalized spacial score (nSPS) is 10.5. The molecule has 0 unspecified atom stereocenters. The second kappa shape index (κ2) is 4.35. The average Bonchev–Trinajstić information content (AvgIpc) is 2.63. The number of aryl methyl sites for hydroxylation is 4. The van der Waals surface area contributed by atoms with Crippen LogP contribution in [0.2, 0.25) is 0 Å². The molecular weight excluding hydrogens is 182 g/mol. The maximum absolute atomic E-state index is 3.22. The molecule has 0 aliphatic rings. The summed E-state index contributed by atoms with van der Waals surface area (Å²) in [5.41, 5.74) is 5.49. The quantitative estimate of drug-likeness (QED) is 0.779. The van der Waals surface area contributed by atoms with Crippen LogP contribution in [0.5, 0.6) is 0 Å². The lowest BCUT2D eigenvalue weighted by molar-refractivity contribution is 0.951. The van der Waals surface area contributed by atoms with Gasteiger partial charge in [0.1, 0.15) is 0 Å². The Morgan fingerprint density at radius 2 is 1.87 bits per heavy atom. The molecule has 2 aromatic rings. The third-order valence-corrected chi connectivity index (χ3v) is 2.83. The first kappa shape index (κ1) is 10.0. The highest BCUT2D eigenvalue weighted by molar-refractivity contribution is 5.27. The molecule has 0 amide bonds. The van der Waals surface area contributed by atoms with Crippen LogP contribution in [0, 0.1) is 13.8 Å². The first-order valence-electron chi connectivity index (χ1n) is 5.44. The van der Waals surface area contributed by atoms with Gasteiger partial charge in [-0.3, -0.25) is 0 Å². The van der Waals surface area contributed by atoms with Gasteiger partial charge in [0.2, 0.25) is 0 Å². The molecule has 0 radical (unpaired) electrons. The van der Waals surface area contributed by atoms with Gasteiger partial charge >= 0.3 is 0 Å². The molecule has 15 heavy (non-hydrogen) atoms. The zero-order chi connectivity index (χ0) is 10.7. The number of H-pyrrole nitrogens is 1. The lowest BCUT2D eigenvalue weighted by Crippen LogP contribution is -1.92. The Morgan fingerprint density at radius 1 is 1.07 bits per heavy atom. The predicted octanol–water partition coefficient (Wildman–Crippen LogP) is 3.42. The van der Waals surface area contributed by atoms with Crippen LogP contribution < -0.4 is 0 Å². The molecule has 1 aromatic carbocycles. The van der Waals surface area contributed by atoms with Crippen LogP contribution in [0.15, 0.2) is 36.5 Å². The number of rotatable bonds is 3. The highest BCUT2D eigenvalue weighted by Crippen LogP contribution is 2.11. The molecule has 0 bridgehead atoms. The third kappa shape index (κ3) is 2.50. The topological polar surface area (TPSA) is 15.8 Å². The van der Waals surface area contributed by atoms with Crippen molar-refractivity contribution < 1.29 is 0 Å². The minimum Gasteiger partial charge on any atom is -0.365 e. The summed E-state index contributed by atoms with van der Waals surface area (Å²) in [4.78, 5) is 3.22. The lowest BCUT2D eigenvalue weighted by Gasteiger charge is -2.03. The monoisotopic (exact) mass is 199 g/mol. The van der Waals surface area contributed by atoms with Gasteiger partial charge < -0.3 is 4.98 Å². The first-order valence-corrected chi connectivity index (χ1v) is 5.44. The number of hydrogen-bond donors (Lipinski definition) is 1. The van der Waals surface area contributed by atoms with Gasteiger partial charge in [-0.2, -0.15) is 0 Å². The minimum absolute atomic E-state index is 1.12. The van der Waals surface area contributed by atoms with Gasteiger partial charge in [0.15, 0.2) is 0 Å². The lowest BCUT2D eigenvalue weighted by atomic mass is 10.0. The molecule has 0 saturated heterocycles. The molecule has 1 heteroatoms. The fourth-order valence-corrected chi connectivity index (χ4v) is 1.88. The minimum atomic E-state index is 1.12. The Hall–Kier alpha value is -1.50. The van der Waals surface area contributed by atoms with Crippen LogP contribution in [-0.2, 0) is 12.8 Å². The van der Waals surface area contributed by atoms with E-state index in [0.717, 1.165) is 12.8 Å². The Kier molecular flexibility index (Phi) is 2.91. The molecule has 0 spiro atoms. The summed E-state index contributed by atoms with van der Waals surface area (Å²) in [5, 5.41) is 0. The summed E-state index contributed by atoms with van der Waals surface area (Å²) in [6, 6.07) is 10.8. The van der Waals surface area contributed by atoms with Crippen molar-refractivity contribution >= 4 is 0 Å². The zero-order valence-electron chi connectivity index (χ0n) is 9.38. The smallest absolute Gasteiger partial charge is 0.0118 e. The van der Waals surface area contributed by atoms with E-state index in [0.29, 0.717) is 0 Å².